The van der Waals surface area contributed by atoms with Crippen LogP contribution in [0.3, 0.4) is 0 Å². The van der Waals surface area contributed by atoms with Crippen molar-refractivity contribution in [2.45, 2.75) is 19.5 Å². The average molecular weight is 270 g/mol. The number of nitrogens with zero attached hydrogens (tertiary/aromatic N) is 1. The topological polar surface area (TPSA) is 80.0 Å². The normalized spacial score (nSPS) is 11.8. The summed E-state index contributed by atoms with van der Waals surface area (Å²) in [5.41, 5.74) is 7.90. The van der Waals surface area contributed by atoms with Crippen LogP contribution in [-0.2, 0) is 6.54 Å². The second-order valence-electron chi connectivity index (χ2n) is 4.53. The summed E-state index contributed by atoms with van der Waals surface area (Å²) in [6.07, 6.45) is 1.78. The van der Waals surface area contributed by atoms with Crippen molar-refractivity contribution in [3.8, 4) is 0 Å². The van der Waals surface area contributed by atoms with Crippen molar-refractivity contribution in [2.24, 2.45) is 5.73 Å². The van der Waals surface area contributed by atoms with Crippen molar-refractivity contribution >= 4 is 11.7 Å². The van der Waals surface area contributed by atoms with Crippen LogP contribution in [0.25, 0.3) is 0 Å². The minimum absolute atomic E-state index is 0.194. The van der Waals surface area contributed by atoms with Crippen LogP contribution in [0, 0.1) is 0 Å². The van der Waals surface area contributed by atoms with Crippen LogP contribution in [-0.4, -0.2) is 11.0 Å². The molecule has 1 unspecified atom stereocenters. The van der Waals surface area contributed by atoms with Crippen molar-refractivity contribution in [1.82, 2.24) is 10.3 Å². The number of carbonyl (C=O) groups excluding carboxylic acids is 1. The summed E-state index contributed by atoms with van der Waals surface area (Å²) in [4.78, 5) is 15.0. The third kappa shape index (κ3) is 4.07. The molecule has 2 aromatic rings. The summed E-state index contributed by atoms with van der Waals surface area (Å²) < 4.78 is 0. The van der Waals surface area contributed by atoms with Gasteiger partial charge in [-0.2, -0.15) is 0 Å². The first kappa shape index (κ1) is 14.0. The molecule has 0 bridgehead atoms. The number of nitrogens with one attached hydrogen (secondary N) is 2. The number of pyridine rings is 1. The van der Waals surface area contributed by atoms with Crippen molar-refractivity contribution in [2.75, 3.05) is 5.32 Å². The minimum Gasteiger partial charge on any atom is -0.351 e. The molecule has 5 nitrogen and oxygen atoms in total. The summed E-state index contributed by atoms with van der Waals surface area (Å²) in [7, 11) is 0. The summed E-state index contributed by atoms with van der Waals surface area (Å²) in [5.74, 6) is 0. The van der Waals surface area contributed by atoms with Crippen molar-refractivity contribution in [3.63, 3.8) is 0 Å². The van der Waals surface area contributed by atoms with E-state index in [9.17, 15) is 4.79 Å². The minimum atomic E-state index is -0.556. The molecule has 20 heavy (non-hydrogen) atoms. The fourth-order valence-corrected chi connectivity index (χ4v) is 1.88. The van der Waals surface area contributed by atoms with Gasteiger partial charge in [-0.3, -0.25) is 4.98 Å². The van der Waals surface area contributed by atoms with E-state index in [2.05, 4.69) is 22.5 Å². The molecule has 0 aliphatic heterocycles. The number of hydrogen-bond acceptors (Lipinski definition) is 3. The zero-order valence-electron chi connectivity index (χ0n) is 11.3. The molecule has 0 aliphatic rings. The van der Waals surface area contributed by atoms with Gasteiger partial charge in [-0.1, -0.05) is 18.2 Å². The molecular formula is C15H18N4O. The molecular weight excluding hydrogens is 252 g/mol. The molecule has 5 heteroatoms. The number of carbonyl (C=O) groups is 1. The molecule has 104 valence electrons. The Morgan fingerprint density at radius 1 is 1.25 bits per heavy atom. The second-order valence-corrected chi connectivity index (χ2v) is 4.53. The summed E-state index contributed by atoms with van der Waals surface area (Å²) in [5, 5.41) is 5.94. The van der Waals surface area contributed by atoms with Crippen LogP contribution in [0.1, 0.15) is 24.2 Å². The monoisotopic (exact) mass is 270 g/mol. The quantitative estimate of drug-likeness (QED) is 0.780. The molecule has 1 heterocycles. The van der Waals surface area contributed by atoms with Gasteiger partial charge in [-0.05, 0) is 36.8 Å². The number of rotatable bonds is 5. The van der Waals surface area contributed by atoms with Gasteiger partial charge in [-0.25, -0.2) is 4.79 Å². The SMILES string of the molecule is CC(NCc1ccccn1)c1ccc(NC(N)=O)cc1. The number of nitrogens with two attached hydrogens (primary N) is 1. The van der Waals surface area contributed by atoms with Crippen molar-refractivity contribution in [3.05, 3.63) is 59.9 Å². The average Bonchev–Trinajstić information content (AvgIpc) is 2.46. The van der Waals surface area contributed by atoms with Gasteiger partial charge < -0.3 is 16.4 Å². The number of aromatic nitrogens is 1. The maximum Gasteiger partial charge on any atom is 0.316 e. The maximum atomic E-state index is 10.7. The third-order valence-electron chi connectivity index (χ3n) is 2.99. The molecule has 1 aromatic heterocycles. The first-order chi connectivity index (χ1) is 9.65. The molecule has 0 spiro atoms. The molecule has 0 radical (unpaired) electrons. The largest absolute Gasteiger partial charge is 0.351 e. The molecule has 4 N–H and O–H groups in total. The van der Waals surface area contributed by atoms with Crippen molar-refractivity contribution in [1.29, 1.82) is 0 Å². The van der Waals surface area contributed by atoms with E-state index in [0.717, 1.165) is 11.3 Å². The summed E-state index contributed by atoms with van der Waals surface area (Å²) in [6.45, 7) is 2.79. The Labute approximate surface area is 118 Å². The van der Waals surface area contributed by atoms with E-state index in [1.54, 1.807) is 6.20 Å². The predicted molar refractivity (Wildman–Crippen MR) is 79.1 cm³/mol. The van der Waals surface area contributed by atoms with Crippen LogP contribution in [0.2, 0.25) is 0 Å². The Kier molecular flexibility index (Phi) is 4.68. The van der Waals surface area contributed by atoms with Crippen LogP contribution in [0.15, 0.2) is 48.7 Å². The number of hydrogen-bond donors (Lipinski definition) is 3. The highest BCUT2D eigenvalue weighted by molar-refractivity contribution is 5.87. The zero-order valence-corrected chi connectivity index (χ0v) is 11.3. The molecule has 0 aliphatic carbocycles. The van der Waals surface area contributed by atoms with Crippen LogP contribution < -0.4 is 16.4 Å². The van der Waals surface area contributed by atoms with Gasteiger partial charge in [0.25, 0.3) is 0 Å². The van der Waals surface area contributed by atoms with E-state index in [0.29, 0.717) is 12.2 Å². The Morgan fingerprint density at radius 2 is 2.00 bits per heavy atom. The fourth-order valence-electron chi connectivity index (χ4n) is 1.88. The van der Waals surface area contributed by atoms with E-state index in [1.807, 2.05) is 42.5 Å². The lowest BCUT2D eigenvalue weighted by atomic mass is 10.1. The van der Waals surface area contributed by atoms with Crippen LogP contribution in [0.5, 0.6) is 0 Å². The first-order valence-corrected chi connectivity index (χ1v) is 6.45. The maximum absolute atomic E-state index is 10.7. The lowest BCUT2D eigenvalue weighted by Crippen LogP contribution is -2.20. The highest BCUT2D eigenvalue weighted by atomic mass is 16.2. The Balaban J connectivity index is 1.92. The van der Waals surface area contributed by atoms with Gasteiger partial charge in [0.15, 0.2) is 0 Å². The molecule has 0 saturated carbocycles. The van der Waals surface area contributed by atoms with Gasteiger partial charge in [0.2, 0.25) is 0 Å². The number of anilines is 1. The van der Waals surface area contributed by atoms with Crippen LogP contribution >= 0.6 is 0 Å². The van der Waals surface area contributed by atoms with Crippen LogP contribution in [0.4, 0.5) is 10.5 Å². The Bertz CT molecular complexity index is 554. The number of primary amides is 1. The van der Waals surface area contributed by atoms with E-state index in [-0.39, 0.29) is 6.04 Å². The molecule has 1 aromatic carbocycles. The number of benzene rings is 1. The van der Waals surface area contributed by atoms with Gasteiger partial charge in [0.05, 0.1) is 5.69 Å². The van der Waals surface area contributed by atoms with Gasteiger partial charge in [-0.15, -0.1) is 0 Å². The standard InChI is InChI=1S/C15H18N4O/c1-11(18-10-14-4-2-3-9-17-14)12-5-7-13(8-6-12)19-15(16)20/h2-9,11,18H,10H2,1H3,(H3,16,19,20). The Morgan fingerprint density at radius 3 is 2.60 bits per heavy atom. The molecule has 0 saturated heterocycles. The summed E-state index contributed by atoms with van der Waals surface area (Å²) in [6, 6.07) is 13.1. The predicted octanol–water partition coefficient (Wildman–Crippen LogP) is 2.42. The second kappa shape index (κ2) is 6.68. The highest BCUT2D eigenvalue weighted by Crippen LogP contribution is 2.16. The molecule has 0 fully saturated rings. The molecule has 1 atom stereocenters. The number of urea groups is 1. The van der Waals surface area contributed by atoms with E-state index < -0.39 is 6.03 Å². The van der Waals surface area contributed by atoms with Gasteiger partial charge in [0, 0.05) is 24.5 Å². The van der Waals surface area contributed by atoms with Gasteiger partial charge >= 0.3 is 6.03 Å². The lowest BCUT2D eigenvalue weighted by molar-refractivity contribution is 0.259. The van der Waals surface area contributed by atoms with E-state index in [4.69, 9.17) is 5.73 Å². The van der Waals surface area contributed by atoms with Crippen molar-refractivity contribution < 1.29 is 4.79 Å². The third-order valence-corrected chi connectivity index (χ3v) is 2.99. The fraction of sp³-hybridized carbons (Fsp3) is 0.200. The highest BCUT2D eigenvalue weighted by Gasteiger charge is 2.05. The first-order valence-electron chi connectivity index (χ1n) is 6.45. The smallest absolute Gasteiger partial charge is 0.316 e. The Hall–Kier alpha value is -2.40. The van der Waals surface area contributed by atoms with E-state index >= 15 is 0 Å². The molecule has 2 amide bonds. The summed E-state index contributed by atoms with van der Waals surface area (Å²) >= 11 is 0. The van der Waals surface area contributed by atoms with Gasteiger partial charge in [0.1, 0.15) is 0 Å². The molecule has 2 rings (SSSR count). The lowest BCUT2D eigenvalue weighted by Gasteiger charge is -2.14. The zero-order chi connectivity index (χ0) is 14.4. The van der Waals surface area contributed by atoms with E-state index in [1.165, 1.54) is 0 Å². The number of amides is 2.